The number of thiophene rings is 1. The number of carbonyl (C=O) groups excluding carboxylic acids is 1. The van der Waals surface area contributed by atoms with Gasteiger partial charge in [-0.3, -0.25) is 4.79 Å². The SMILES string of the molecule is COc1ccc(C(=O)NCc2ccsc2)cc1C#CCN. The van der Waals surface area contributed by atoms with Gasteiger partial charge in [-0.15, -0.1) is 0 Å². The first kappa shape index (κ1) is 15.1. The normalized spacial score (nSPS) is 9.62. The maximum Gasteiger partial charge on any atom is 0.251 e. The number of rotatable bonds is 4. The average Bonchev–Trinajstić information content (AvgIpc) is 3.03. The molecule has 2 rings (SSSR count). The van der Waals surface area contributed by atoms with Crippen molar-refractivity contribution >= 4 is 17.2 Å². The lowest BCUT2D eigenvalue weighted by Crippen LogP contribution is -2.22. The van der Waals surface area contributed by atoms with Crippen LogP contribution in [0, 0.1) is 11.8 Å². The fourth-order valence-electron chi connectivity index (χ4n) is 1.77. The quantitative estimate of drug-likeness (QED) is 0.849. The van der Waals surface area contributed by atoms with Crippen LogP contribution < -0.4 is 15.8 Å². The third kappa shape index (κ3) is 4.09. The predicted octanol–water partition coefficient (Wildman–Crippen LogP) is 2.00. The Morgan fingerprint density at radius 3 is 2.95 bits per heavy atom. The summed E-state index contributed by atoms with van der Waals surface area (Å²) in [7, 11) is 1.57. The summed E-state index contributed by atoms with van der Waals surface area (Å²) in [5, 5.41) is 6.86. The molecule has 1 aromatic carbocycles. The summed E-state index contributed by atoms with van der Waals surface area (Å²) >= 11 is 1.61. The van der Waals surface area contributed by atoms with Crippen LogP contribution in [0.1, 0.15) is 21.5 Å². The van der Waals surface area contributed by atoms with Crippen LogP contribution >= 0.6 is 11.3 Å². The molecule has 5 heteroatoms. The molecule has 0 saturated heterocycles. The van der Waals surface area contributed by atoms with Crippen molar-refractivity contribution in [3.8, 4) is 17.6 Å². The highest BCUT2D eigenvalue weighted by molar-refractivity contribution is 7.07. The van der Waals surface area contributed by atoms with Crippen molar-refractivity contribution in [3.05, 3.63) is 51.7 Å². The van der Waals surface area contributed by atoms with Gasteiger partial charge in [0.25, 0.3) is 5.91 Å². The summed E-state index contributed by atoms with van der Waals surface area (Å²) in [6.07, 6.45) is 0. The molecule has 1 heterocycles. The number of hydrogen-bond acceptors (Lipinski definition) is 4. The number of benzene rings is 1. The molecular formula is C16H16N2O2S. The number of carbonyl (C=O) groups is 1. The first-order chi connectivity index (χ1) is 10.2. The van der Waals surface area contributed by atoms with Crippen LogP contribution in [0.15, 0.2) is 35.0 Å². The lowest BCUT2D eigenvalue weighted by Gasteiger charge is -2.07. The molecule has 0 unspecified atom stereocenters. The lowest BCUT2D eigenvalue weighted by atomic mass is 10.1. The third-order valence-corrected chi connectivity index (χ3v) is 3.55. The molecule has 1 amide bonds. The van der Waals surface area contributed by atoms with Crippen molar-refractivity contribution in [1.82, 2.24) is 5.32 Å². The van der Waals surface area contributed by atoms with Gasteiger partial charge in [0.2, 0.25) is 0 Å². The molecule has 0 atom stereocenters. The van der Waals surface area contributed by atoms with Gasteiger partial charge >= 0.3 is 0 Å². The molecule has 2 aromatic rings. The Kier molecular flexibility index (Phi) is 5.38. The van der Waals surface area contributed by atoms with Crippen LogP contribution in [0.25, 0.3) is 0 Å². The Balaban J connectivity index is 2.13. The molecule has 0 saturated carbocycles. The molecule has 1 aromatic heterocycles. The average molecular weight is 300 g/mol. The standard InChI is InChI=1S/C16H16N2O2S/c1-20-15-5-4-14(9-13(15)3-2-7-17)16(19)18-10-12-6-8-21-11-12/h4-6,8-9,11H,7,10,17H2,1H3,(H,18,19). The first-order valence-corrected chi connectivity index (χ1v) is 7.35. The van der Waals surface area contributed by atoms with E-state index in [0.717, 1.165) is 5.56 Å². The van der Waals surface area contributed by atoms with E-state index in [9.17, 15) is 4.79 Å². The second-order valence-electron chi connectivity index (χ2n) is 4.24. The first-order valence-electron chi connectivity index (χ1n) is 6.41. The van der Waals surface area contributed by atoms with E-state index in [2.05, 4.69) is 17.2 Å². The van der Waals surface area contributed by atoms with Crippen molar-refractivity contribution in [2.24, 2.45) is 5.73 Å². The Morgan fingerprint density at radius 1 is 1.43 bits per heavy atom. The van der Waals surface area contributed by atoms with Gasteiger partial charge in [0.05, 0.1) is 19.2 Å². The second kappa shape index (κ2) is 7.48. The number of hydrogen-bond donors (Lipinski definition) is 2. The van der Waals surface area contributed by atoms with Crippen LogP contribution in [0.2, 0.25) is 0 Å². The number of ether oxygens (including phenoxy) is 1. The highest BCUT2D eigenvalue weighted by Crippen LogP contribution is 2.19. The minimum absolute atomic E-state index is 0.139. The van der Waals surface area contributed by atoms with Gasteiger partial charge in [-0.05, 0) is 40.6 Å². The lowest BCUT2D eigenvalue weighted by molar-refractivity contribution is 0.0951. The minimum atomic E-state index is -0.139. The van der Waals surface area contributed by atoms with Crippen LogP contribution in [-0.2, 0) is 6.54 Å². The molecule has 3 N–H and O–H groups in total. The maximum absolute atomic E-state index is 12.1. The molecule has 4 nitrogen and oxygen atoms in total. The third-order valence-electron chi connectivity index (χ3n) is 2.82. The Hall–Kier alpha value is -2.29. The van der Waals surface area contributed by atoms with Gasteiger partial charge in [-0.25, -0.2) is 0 Å². The van der Waals surface area contributed by atoms with Gasteiger partial charge < -0.3 is 15.8 Å². The van der Waals surface area contributed by atoms with Crippen LogP contribution in [-0.4, -0.2) is 19.6 Å². The second-order valence-corrected chi connectivity index (χ2v) is 5.02. The van der Waals surface area contributed by atoms with E-state index in [-0.39, 0.29) is 12.5 Å². The summed E-state index contributed by atoms with van der Waals surface area (Å²) in [6.45, 7) is 0.774. The van der Waals surface area contributed by atoms with E-state index >= 15 is 0 Å². The number of amides is 1. The van der Waals surface area contributed by atoms with Gasteiger partial charge in [-0.1, -0.05) is 11.8 Å². The van der Waals surface area contributed by atoms with Crippen molar-refractivity contribution in [1.29, 1.82) is 0 Å². The molecule has 0 aliphatic heterocycles. The fourth-order valence-corrected chi connectivity index (χ4v) is 2.44. The summed E-state index contributed by atoms with van der Waals surface area (Å²) < 4.78 is 5.22. The fraction of sp³-hybridized carbons (Fsp3) is 0.188. The van der Waals surface area contributed by atoms with Crippen LogP contribution in [0.3, 0.4) is 0 Å². The minimum Gasteiger partial charge on any atom is -0.495 e. The summed E-state index contributed by atoms with van der Waals surface area (Å²) in [6, 6.07) is 7.15. The van der Waals surface area contributed by atoms with E-state index in [1.165, 1.54) is 0 Å². The van der Waals surface area contributed by atoms with Gasteiger partial charge in [0.1, 0.15) is 5.75 Å². The number of nitrogens with one attached hydrogen (secondary N) is 1. The largest absolute Gasteiger partial charge is 0.495 e. The maximum atomic E-state index is 12.1. The molecule has 0 radical (unpaired) electrons. The number of nitrogens with two attached hydrogens (primary N) is 1. The van der Waals surface area contributed by atoms with Crippen LogP contribution in [0.5, 0.6) is 5.75 Å². The Bertz CT molecular complexity index is 669. The number of methoxy groups -OCH3 is 1. The molecule has 108 valence electrons. The summed E-state index contributed by atoms with van der Waals surface area (Å²) in [5.41, 5.74) is 7.67. The Morgan fingerprint density at radius 2 is 2.29 bits per heavy atom. The van der Waals surface area contributed by atoms with Crippen LogP contribution in [0.4, 0.5) is 0 Å². The summed E-state index contributed by atoms with van der Waals surface area (Å²) in [5.74, 6) is 6.17. The smallest absolute Gasteiger partial charge is 0.251 e. The highest BCUT2D eigenvalue weighted by Gasteiger charge is 2.09. The van der Waals surface area contributed by atoms with E-state index in [4.69, 9.17) is 10.5 Å². The van der Waals surface area contributed by atoms with Crippen molar-refractivity contribution in [3.63, 3.8) is 0 Å². The van der Waals surface area contributed by atoms with Crippen molar-refractivity contribution in [2.75, 3.05) is 13.7 Å². The molecule has 0 spiro atoms. The van der Waals surface area contributed by atoms with E-state index in [1.54, 1.807) is 36.6 Å². The van der Waals surface area contributed by atoms with E-state index in [0.29, 0.717) is 23.4 Å². The summed E-state index contributed by atoms with van der Waals surface area (Å²) in [4.78, 5) is 12.1. The van der Waals surface area contributed by atoms with Gasteiger partial charge in [0, 0.05) is 12.1 Å². The molecular weight excluding hydrogens is 284 g/mol. The molecule has 0 bridgehead atoms. The van der Waals surface area contributed by atoms with E-state index < -0.39 is 0 Å². The zero-order valence-electron chi connectivity index (χ0n) is 11.7. The molecule has 21 heavy (non-hydrogen) atoms. The van der Waals surface area contributed by atoms with Gasteiger partial charge in [0.15, 0.2) is 0 Å². The molecule has 0 fully saturated rings. The highest BCUT2D eigenvalue weighted by atomic mass is 32.1. The van der Waals surface area contributed by atoms with Crippen molar-refractivity contribution < 1.29 is 9.53 Å². The molecule has 0 aliphatic carbocycles. The van der Waals surface area contributed by atoms with E-state index in [1.807, 2.05) is 16.8 Å². The predicted molar refractivity (Wildman–Crippen MR) is 84.4 cm³/mol. The van der Waals surface area contributed by atoms with Crippen molar-refractivity contribution in [2.45, 2.75) is 6.54 Å². The Labute approximate surface area is 127 Å². The monoisotopic (exact) mass is 300 g/mol. The van der Waals surface area contributed by atoms with Gasteiger partial charge in [-0.2, -0.15) is 11.3 Å². The topological polar surface area (TPSA) is 64.3 Å². The molecule has 0 aliphatic rings. The zero-order chi connectivity index (χ0) is 15.1. The zero-order valence-corrected chi connectivity index (χ0v) is 12.5.